The Morgan fingerprint density at radius 3 is 2.74 bits per heavy atom. The van der Waals surface area contributed by atoms with Crippen LogP contribution in [0.25, 0.3) is 0 Å². The maximum absolute atomic E-state index is 5.72. The zero-order valence-electron chi connectivity index (χ0n) is 11.8. The van der Waals surface area contributed by atoms with Crippen molar-refractivity contribution in [2.45, 2.75) is 32.5 Å². The van der Waals surface area contributed by atoms with Gasteiger partial charge in [0.1, 0.15) is 5.75 Å². The van der Waals surface area contributed by atoms with Gasteiger partial charge in [0.2, 0.25) is 0 Å². The molecule has 19 heavy (non-hydrogen) atoms. The molecule has 0 spiro atoms. The average Bonchev–Trinajstić information content (AvgIpc) is 2.34. The van der Waals surface area contributed by atoms with Gasteiger partial charge in [-0.25, -0.2) is 0 Å². The highest BCUT2D eigenvalue weighted by Crippen LogP contribution is 2.15. The second kappa shape index (κ2) is 6.78. The Labute approximate surface area is 115 Å². The molecule has 1 aromatic rings. The highest BCUT2D eigenvalue weighted by molar-refractivity contribution is 5.43. The van der Waals surface area contributed by atoms with Crippen LogP contribution in [0.5, 0.6) is 5.75 Å². The molecule has 1 aromatic carbocycles. The Morgan fingerprint density at radius 2 is 2.05 bits per heavy atom. The van der Waals surface area contributed by atoms with Crippen LogP contribution in [0.2, 0.25) is 0 Å². The Balaban J connectivity index is 1.66. The fraction of sp³-hybridized carbons (Fsp3) is 0.600. The SMILES string of the molecule is CC1CN(CCCOc2cccc(N)c2)CC(C)O1. The van der Waals surface area contributed by atoms with Crippen LogP contribution >= 0.6 is 0 Å². The number of nitrogens with two attached hydrogens (primary N) is 1. The molecule has 1 aliphatic heterocycles. The first-order valence-corrected chi connectivity index (χ1v) is 6.99. The smallest absolute Gasteiger partial charge is 0.121 e. The first kappa shape index (κ1) is 14.2. The number of hydrogen-bond donors (Lipinski definition) is 1. The fourth-order valence-electron chi connectivity index (χ4n) is 2.55. The van der Waals surface area contributed by atoms with Crippen LogP contribution in [-0.4, -0.2) is 43.3 Å². The summed E-state index contributed by atoms with van der Waals surface area (Å²) in [6.45, 7) is 8.08. The van der Waals surface area contributed by atoms with Gasteiger partial charge in [0.05, 0.1) is 18.8 Å². The quantitative estimate of drug-likeness (QED) is 0.654. The second-order valence-electron chi connectivity index (χ2n) is 5.29. The molecule has 0 amide bonds. The molecule has 106 valence electrons. The summed E-state index contributed by atoms with van der Waals surface area (Å²) < 4.78 is 11.4. The van der Waals surface area contributed by atoms with Gasteiger partial charge in [0, 0.05) is 31.4 Å². The molecule has 0 radical (unpaired) electrons. The van der Waals surface area contributed by atoms with Crippen LogP contribution in [0.15, 0.2) is 24.3 Å². The molecule has 1 saturated heterocycles. The fourth-order valence-corrected chi connectivity index (χ4v) is 2.55. The van der Waals surface area contributed by atoms with Crippen molar-refractivity contribution < 1.29 is 9.47 Å². The molecule has 4 heteroatoms. The lowest BCUT2D eigenvalue weighted by Gasteiger charge is -2.35. The Bertz CT molecular complexity index is 387. The third-order valence-corrected chi connectivity index (χ3v) is 3.24. The van der Waals surface area contributed by atoms with Gasteiger partial charge in [-0.05, 0) is 32.4 Å². The summed E-state index contributed by atoms with van der Waals surface area (Å²) in [6, 6.07) is 7.58. The molecule has 0 aliphatic carbocycles. The molecule has 2 N–H and O–H groups in total. The van der Waals surface area contributed by atoms with E-state index in [1.54, 1.807) is 0 Å². The summed E-state index contributed by atoms with van der Waals surface area (Å²) in [6.07, 6.45) is 1.69. The van der Waals surface area contributed by atoms with Crippen LogP contribution in [0, 0.1) is 0 Å². The normalized spacial score (nSPS) is 24.3. The van der Waals surface area contributed by atoms with Crippen LogP contribution in [0.3, 0.4) is 0 Å². The zero-order valence-corrected chi connectivity index (χ0v) is 11.8. The predicted molar refractivity (Wildman–Crippen MR) is 77.4 cm³/mol. The first-order valence-electron chi connectivity index (χ1n) is 6.99. The molecular weight excluding hydrogens is 240 g/mol. The average molecular weight is 264 g/mol. The van der Waals surface area contributed by atoms with Crippen molar-refractivity contribution in [3.63, 3.8) is 0 Å². The molecule has 2 rings (SSSR count). The maximum Gasteiger partial charge on any atom is 0.121 e. The summed E-state index contributed by atoms with van der Waals surface area (Å²) in [5.74, 6) is 0.851. The number of morpholine rings is 1. The summed E-state index contributed by atoms with van der Waals surface area (Å²) in [5.41, 5.74) is 6.45. The van der Waals surface area contributed by atoms with Crippen LogP contribution in [0.4, 0.5) is 5.69 Å². The molecule has 2 unspecified atom stereocenters. The molecule has 1 fully saturated rings. The van der Waals surface area contributed by atoms with Crippen molar-refractivity contribution in [3.05, 3.63) is 24.3 Å². The molecule has 0 saturated carbocycles. The summed E-state index contributed by atoms with van der Waals surface area (Å²) in [4.78, 5) is 2.45. The predicted octanol–water partition coefficient (Wildman–Crippen LogP) is 2.15. The van der Waals surface area contributed by atoms with Crippen molar-refractivity contribution in [2.75, 3.05) is 32.0 Å². The number of ether oxygens (including phenoxy) is 2. The summed E-state index contributed by atoms with van der Waals surface area (Å²) in [5, 5.41) is 0. The number of anilines is 1. The number of hydrogen-bond acceptors (Lipinski definition) is 4. The molecule has 0 bridgehead atoms. The van der Waals surface area contributed by atoms with E-state index in [-0.39, 0.29) is 0 Å². The van der Waals surface area contributed by atoms with Crippen molar-refractivity contribution in [3.8, 4) is 5.75 Å². The molecular formula is C15H24N2O2. The highest BCUT2D eigenvalue weighted by atomic mass is 16.5. The van der Waals surface area contributed by atoms with Crippen LogP contribution in [-0.2, 0) is 4.74 Å². The van der Waals surface area contributed by atoms with Crippen molar-refractivity contribution in [1.82, 2.24) is 4.90 Å². The minimum absolute atomic E-state index is 0.332. The number of benzene rings is 1. The van der Waals surface area contributed by atoms with E-state index in [2.05, 4.69) is 18.7 Å². The van der Waals surface area contributed by atoms with E-state index in [1.165, 1.54) is 0 Å². The van der Waals surface area contributed by atoms with Gasteiger partial charge in [-0.3, -0.25) is 4.90 Å². The highest BCUT2D eigenvalue weighted by Gasteiger charge is 2.21. The van der Waals surface area contributed by atoms with Crippen molar-refractivity contribution in [1.29, 1.82) is 0 Å². The molecule has 4 nitrogen and oxygen atoms in total. The Kier molecular flexibility index (Phi) is 5.05. The van der Waals surface area contributed by atoms with Gasteiger partial charge in [0.15, 0.2) is 0 Å². The first-order chi connectivity index (χ1) is 9.13. The van der Waals surface area contributed by atoms with Crippen molar-refractivity contribution >= 4 is 5.69 Å². The molecule has 1 aliphatic rings. The molecule has 1 heterocycles. The van der Waals surface area contributed by atoms with Gasteiger partial charge in [-0.2, -0.15) is 0 Å². The second-order valence-corrected chi connectivity index (χ2v) is 5.29. The van der Waals surface area contributed by atoms with E-state index >= 15 is 0 Å². The third-order valence-electron chi connectivity index (χ3n) is 3.24. The topological polar surface area (TPSA) is 47.7 Å². The summed E-state index contributed by atoms with van der Waals surface area (Å²) >= 11 is 0. The van der Waals surface area contributed by atoms with E-state index in [9.17, 15) is 0 Å². The van der Waals surface area contributed by atoms with E-state index in [4.69, 9.17) is 15.2 Å². The van der Waals surface area contributed by atoms with Gasteiger partial charge in [-0.15, -0.1) is 0 Å². The van der Waals surface area contributed by atoms with Gasteiger partial charge >= 0.3 is 0 Å². The molecule has 0 aromatic heterocycles. The minimum atomic E-state index is 0.332. The van der Waals surface area contributed by atoms with Crippen molar-refractivity contribution in [2.24, 2.45) is 0 Å². The van der Waals surface area contributed by atoms with Crippen LogP contribution < -0.4 is 10.5 Å². The summed E-state index contributed by atoms with van der Waals surface area (Å²) in [7, 11) is 0. The zero-order chi connectivity index (χ0) is 13.7. The largest absolute Gasteiger partial charge is 0.493 e. The lowest BCUT2D eigenvalue weighted by atomic mass is 10.2. The van der Waals surface area contributed by atoms with Crippen LogP contribution in [0.1, 0.15) is 20.3 Å². The minimum Gasteiger partial charge on any atom is -0.493 e. The van der Waals surface area contributed by atoms with E-state index in [0.29, 0.717) is 12.2 Å². The van der Waals surface area contributed by atoms with E-state index in [0.717, 1.165) is 44.1 Å². The lowest BCUT2D eigenvalue weighted by molar-refractivity contribution is -0.0686. The monoisotopic (exact) mass is 264 g/mol. The van der Waals surface area contributed by atoms with Gasteiger partial charge in [-0.1, -0.05) is 6.07 Å². The van der Waals surface area contributed by atoms with Gasteiger partial charge in [0.25, 0.3) is 0 Å². The number of rotatable bonds is 5. The third kappa shape index (κ3) is 4.73. The standard InChI is InChI=1S/C15H24N2O2/c1-12-10-17(11-13(2)19-12)7-4-8-18-15-6-3-5-14(16)9-15/h3,5-6,9,12-13H,4,7-8,10-11,16H2,1-2H3. The maximum atomic E-state index is 5.72. The van der Waals surface area contributed by atoms with Gasteiger partial charge < -0.3 is 15.2 Å². The Morgan fingerprint density at radius 1 is 1.32 bits per heavy atom. The lowest BCUT2D eigenvalue weighted by Crippen LogP contribution is -2.45. The number of nitrogen functional groups attached to an aromatic ring is 1. The number of nitrogens with zero attached hydrogens (tertiary/aromatic N) is 1. The molecule has 2 atom stereocenters. The van der Waals surface area contributed by atoms with E-state index < -0.39 is 0 Å². The Hall–Kier alpha value is -1.26. The van der Waals surface area contributed by atoms with E-state index in [1.807, 2.05) is 24.3 Å².